The van der Waals surface area contributed by atoms with E-state index in [-0.39, 0.29) is 32.1 Å². The molecule has 182 valence electrons. The van der Waals surface area contributed by atoms with Gasteiger partial charge in [-0.3, -0.25) is 0 Å². The Morgan fingerprint density at radius 1 is 1.19 bits per heavy atom. The van der Waals surface area contributed by atoms with E-state index in [1.807, 2.05) is 47.2 Å². The molecular formula is C27H24N4O4Se. The molecular weight excluding hydrogens is 523 g/mol. The van der Waals surface area contributed by atoms with E-state index >= 15 is 0 Å². The quantitative estimate of drug-likeness (QED) is 0.178. The number of fused-ring (bicyclic) bond motifs is 1. The van der Waals surface area contributed by atoms with Crippen LogP contribution in [-0.2, 0) is 11.3 Å². The fourth-order valence-electron chi connectivity index (χ4n) is 4.04. The molecule has 3 heterocycles. The van der Waals surface area contributed by atoms with Crippen molar-refractivity contribution in [3.8, 4) is 22.6 Å². The molecule has 3 N–H and O–H groups in total. The van der Waals surface area contributed by atoms with Crippen LogP contribution in [0.5, 0.6) is 11.5 Å². The SMILES string of the molecule is COc1cc(-c2ccc3c(c2)NC(=O)/C3=C\c2ccc(C(=O)NCCCn3ccnc3)[se]2)ccc1O. The number of nitrogens with zero attached hydrogens (tertiary/aromatic N) is 2. The first-order chi connectivity index (χ1) is 17.5. The summed E-state index contributed by atoms with van der Waals surface area (Å²) >= 11 is -0.174. The molecule has 0 aliphatic carbocycles. The summed E-state index contributed by atoms with van der Waals surface area (Å²) in [6, 6.07) is 14.7. The molecule has 4 aromatic rings. The molecule has 8 nitrogen and oxygen atoms in total. The molecule has 2 amide bonds. The molecule has 0 fully saturated rings. The van der Waals surface area contributed by atoms with Crippen LogP contribution in [0.2, 0.25) is 0 Å². The molecule has 0 bridgehead atoms. The zero-order valence-corrected chi connectivity index (χ0v) is 21.2. The molecule has 5 rings (SSSR count). The van der Waals surface area contributed by atoms with E-state index in [0.29, 0.717) is 17.9 Å². The van der Waals surface area contributed by atoms with E-state index in [1.165, 1.54) is 7.11 Å². The molecule has 0 atom stereocenters. The number of benzene rings is 2. The van der Waals surface area contributed by atoms with E-state index in [4.69, 9.17) is 4.74 Å². The third-order valence-electron chi connectivity index (χ3n) is 5.89. The Balaban J connectivity index is 1.28. The number of aromatic nitrogens is 2. The molecule has 36 heavy (non-hydrogen) atoms. The second-order valence-electron chi connectivity index (χ2n) is 8.27. The van der Waals surface area contributed by atoms with Crippen LogP contribution in [0.1, 0.15) is 25.7 Å². The van der Waals surface area contributed by atoms with Crippen LogP contribution < -0.4 is 15.4 Å². The predicted octanol–water partition coefficient (Wildman–Crippen LogP) is 3.63. The maximum atomic E-state index is 12.7. The van der Waals surface area contributed by atoms with Gasteiger partial charge in [-0.05, 0) is 0 Å². The number of hydrogen-bond donors (Lipinski definition) is 3. The van der Waals surface area contributed by atoms with Crippen LogP contribution in [-0.4, -0.2) is 54.6 Å². The van der Waals surface area contributed by atoms with Crippen LogP contribution in [0.25, 0.3) is 22.8 Å². The Morgan fingerprint density at radius 2 is 2.03 bits per heavy atom. The molecule has 0 spiro atoms. The van der Waals surface area contributed by atoms with Gasteiger partial charge in [0.15, 0.2) is 0 Å². The number of rotatable bonds is 8. The van der Waals surface area contributed by atoms with Crippen LogP contribution in [0, 0.1) is 0 Å². The summed E-state index contributed by atoms with van der Waals surface area (Å²) in [6.07, 6.45) is 8.09. The van der Waals surface area contributed by atoms with Crippen molar-refractivity contribution in [2.75, 3.05) is 19.0 Å². The normalized spacial score (nSPS) is 13.5. The first kappa shape index (κ1) is 23.7. The van der Waals surface area contributed by atoms with Gasteiger partial charge in [0.1, 0.15) is 0 Å². The number of phenols is 1. The molecule has 2 aromatic carbocycles. The number of aryl methyl sites for hydroxylation is 1. The van der Waals surface area contributed by atoms with E-state index in [9.17, 15) is 14.7 Å². The Morgan fingerprint density at radius 3 is 2.83 bits per heavy atom. The van der Waals surface area contributed by atoms with Crippen LogP contribution in [0.4, 0.5) is 5.69 Å². The summed E-state index contributed by atoms with van der Waals surface area (Å²) < 4.78 is 8.90. The van der Waals surface area contributed by atoms with Gasteiger partial charge >= 0.3 is 214 Å². The number of imidazole rings is 1. The van der Waals surface area contributed by atoms with Gasteiger partial charge in [0.2, 0.25) is 0 Å². The Hall–Kier alpha value is -4.07. The van der Waals surface area contributed by atoms with E-state index < -0.39 is 0 Å². The van der Waals surface area contributed by atoms with Gasteiger partial charge in [0, 0.05) is 0 Å². The number of hydrogen-bond acceptors (Lipinski definition) is 5. The van der Waals surface area contributed by atoms with Crippen LogP contribution in [0.3, 0.4) is 0 Å². The number of methoxy groups -OCH3 is 1. The standard InChI is InChI=1S/C27H24N4O4Se/c1-35-24-14-18(4-7-23(24)32)17-3-6-20-21(26(33)30-22(20)13-17)15-19-5-8-25(36-19)27(34)29-9-2-11-31-12-10-28-16-31/h3-8,10,12-16,32H,2,9,11H2,1H3,(H,29,34)(H,30,33)/b21-15-. The minimum absolute atomic E-state index is 0.0597. The number of phenolic OH excluding ortho intramolecular Hbond substituents is 1. The second kappa shape index (κ2) is 10.3. The van der Waals surface area contributed by atoms with E-state index in [2.05, 4.69) is 15.6 Å². The number of nitrogens with one attached hydrogen (secondary N) is 2. The summed E-state index contributed by atoms with van der Waals surface area (Å²) in [5.74, 6) is 0.234. The van der Waals surface area contributed by atoms with E-state index in [0.717, 1.165) is 44.2 Å². The number of carbonyl (C=O) groups excluding carboxylic acids is 2. The van der Waals surface area contributed by atoms with Crippen molar-refractivity contribution in [1.82, 2.24) is 14.9 Å². The predicted molar refractivity (Wildman–Crippen MR) is 139 cm³/mol. The first-order valence-corrected chi connectivity index (χ1v) is 13.1. The first-order valence-electron chi connectivity index (χ1n) is 11.4. The molecule has 0 saturated heterocycles. The van der Waals surface area contributed by atoms with Crippen molar-refractivity contribution in [3.05, 3.63) is 81.7 Å². The Bertz CT molecular complexity index is 1460. The van der Waals surface area contributed by atoms with Crippen molar-refractivity contribution in [1.29, 1.82) is 0 Å². The number of aromatic hydroxyl groups is 1. The Kier molecular flexibility index (Phi) is 6.75. The van der Waals surface area contributed by atoms with Crippen LogP contribution in [0.15, 0.2) is 67.3 Å². The van der Waals surface area contributed by atoms with Crippen molar-refractivity contribution in [2.24, 2.45) is 0 Å². The molecule has 0 unspecified atom stereocenters. The van der Waals surface area contributed by atoms with Crippen molar-refractivity contribution < 1.29 is 19.4 Å². The van der Waals surface area contributed by atoms with Gasteiger partial charge < -0.3 is 0 Å². The molecule has 0 radical (unpaired) electrons. The topological polar surface area (TPSA) is 105 Å². The zero-order chi connectivity index (χ0) is 25.1. The summed E-state index contributed by atoms with van der Waals surface area (Å²) in [5.41, 5.74) is 3.90. The fraction of sp³-hybridized carbons (Fsp3) is 0.148. The van der Waals surface area contributed by atoms with Gasteiger partial charge in [-0.2, -0.15) is 0 Å². The number of ether oxygens (including phenoxy) is 1. The van der Waals surface area contributed by atoms with Gasteiger partial charge in [0.25, 0.3) is 0 Å². The molecule has 2 aromatic heterocycles. The molecule has 1 aliphatic heterocycles. The Labute approximate surface area is 214 Å². The van der Waals surface area contributed by atoms with Crippen molar-refractivity contribution in [2.45, 2.75) is 13.0 Å². The summed E-state index contributed by atoms with van der Waals surface area (Å²) in [4.78, 5) is 29.3. The van der Waals surface area contributed by atoms with E-state index in [1.54, 1.807) is 30.7 Å². The number of amides is 2. The van der Waals surface area contributed by atoms with Gasteiger partial charge in [-0.1, -0.05) is 0 Å². The number of carbonyl (C=O) groups is 2. The van der Waals surface area contributed by atoms with Crippen molar-refractivity contribution in [3.63, 3.8) is 0 Å². The summed E-state index contributed by atoms with van der Waals surface area (Å²) in [5, 5.41) is 15.8. The molecule has 0 saturated carbocycles. The molecule has 1 aliphatic rings. The average molecular weight is 547 g/mol. The monoisotopic (exact) mass is 548 g/mol. The number of anilines is 1. The fourth-order valence-corrected chi connectivity index (χ4v) is 5.86. The maximum absolute atomic E-state index is 12.7. The molecule has 9 heteroatoms. The average Bonchev–Trinajstić information content (AvgIpc) is 3.63. The third-order valence-corrected chi connectivity index (χ3v) is 8.05. The minimum atomic E-state index is -0.174. The summed E-state index contributed by atoms with van der Waals surface area (Å²) in [7, 11) is 1.51. The van der Waals surface area contributed by atoms with Crippen molar-refractivity contribution >= 4 is 43.7 Å². The zero-order valence-electron chi connectivity index (χ0n) is 19.5. The summed E-state index contributed by atoms with van der Waals surface area (Å²) in [6.45, 7) is 1.39. The van der Waals surface area contributed by atoms with Crippen LogP contribution >= 0.6 is 0 Å². The third kappa shape index (κ3) is 4.98. The van der Waals surface area contributed by atoms with Gasteiger partial charge in [0.05, 0.1) is 0 Å². The second-order valence-corrected chi connectivity index (χ2v) is 10.6. The van der Waals surface area contributed by atoms with Gasteiger partial charge in [-0.25, -0.2) is 0 Å². The van der Waals surface area contributed by atoms with Gasteiger partial charge in [-0.15, -0.1) is 0 Å².